The third-order valence-corrected chi connectivity index (χ3v) is 7.54. The van der Waals surface area contributed by atoms with Crippen molar-refractivity contribution < 1.29 is 14.8 Å². The molecule has 5 atom stereocenters. The second-order valence-electron chi connectivity index (χ2n) is 8.26. The highest BCUT2D eigenvalue weighted by atomic mass is 16.4. The molecule has 0 amide bonds. The van der Waals surface area contributed by atoms with Crippen LogP contribution in [0.2, 0.25) is 0 Å². The topological polar surface area (TPSA) is 66.7 Å². The lowest BCUT2D eigenvalue weighted by Gasteiger charge is -2.55. The van der Waals surface area contributed by atoms with E-state index in [-0.39, 0.29) is 10.8 Å². The molecular formula is C19H25NO3. The summed E-state index contributed by atoms with van der Waals surface area (Å²) in [6, 6.07) is 0. The minimum atomic E-state index is -0.251. The second-order valence-corrected chi connectivity index (χ2v) is 8.26. The first-order chi connectivity index (χ1) is 11.0. The van der Waals surface area contributed by atoms with Gasteiger partial charge >= 0.3 is 0 Å². The van der Waals surface area contributed by atoms with Crippen LogP contribution in [0.1, 0.15) is 58.3 Å². The quantitative estimate of drug-likeness (QED) is 0.348. The Morgan fingerprint density at radius 3 is 2.83 bits per heavy atom. The highest BCUT2D eigenvalue weighted by Gasteiger charge is 2.59. The van der Waals surface area contributed by atoms with Gasteiger partial charge in [0, 0.05) is 30.1 Å². The van der Waals surface area contributed by atoms with Crippen molar-refractivity contribution in [2.75, 3.05) is 0 Å². The Balaban J connectivity index is 1.76. The molecule has 3 fully saturated rings. The Bertz CT molecular complexity index is 622. The van der Waals surface area contributed by atoms with Gasteiger partial charge in [-0.1, -0.05) is 18.6 Å². The monoisotopic (exact) mass is 315 g/mol. The maximum absolute atomic E-state index is 12.4. The standard InChI is InChI=1S/C19H25NO3/c1-18-8-7-16-14(15(18)4-5-17(18)22)3-2-12-10-13(21)6-9-19(12,16)11-20-23/h2,11,14-16,23H,3-10H2,1H3/b20-11-/t14-,15-,16-,18-,19+/m0/s1. The van der Waals surface area contributed by atoms with Crippen LogP contribution in [-0.4, -0.2) is 23.0 Å². The fraction of sp³-hybridized carbons (Fsp3) is 0.737. The SMILES string of the molecule is C[C@]12CC[C@H]3[C@@H](CC=C4CC(=O)CC[C@@]43/C=N\O)[C@@H]1CCC2=O. The Morgan fingerprint density at radius 1 is 1.22 bits per heavy atom. The van der Waals surface area contributed by atoms with Gasteiger partial charge in [0.25, 0.3) is 0 Å². The van der Waals surface area contributed by atoms with Crippen LogP contribution in [0.3, 0.4) is 0 Å². The molecule has 3 saturated carbocycles. The predicted octanol–water partition coefficient (Wildman–Crippen LogP) is 3.53. The Morgan fingerprint density at radius 2 is 2.04 bits per heavy atom. The van der Waals surface area contributed by atoms with Crippen LogP contribution in [0.25, 0.3) is 0 Å². The Kier molecular flexibility index (Phi) is 3.30. The average molecular weight is 315 g/mol. The average Bonchev–Trinajstić information content (AvgIpc) is 2.84. The van der Waals surface area contributed by atoms with Gasteiger partial charge in [-0.15, -0.1) is 5.16 Å². The van der Waals surface area contributed by atoms with E-state index in [1.54, 1.807) is 6.21 Å². The molecule has 124 valence electrons. The number of oxime groups is 1. The Labute approximate surface area is 137 Å². The van der Waals surface area contributed by atoms with E-state index >= 15 is 0 Å². The molecule has 1 N–H and O–H groups in total. The van der Waals surface area contributed by atoms with Crippen LogP contribution in [0.15, 0.2) is 16.8 Å². The summed E-state index contributed by atoms with van der Waals surface area (Å²) in [5.41, 5.74) is 0.772. The molecular weight excluding hydrogens is 290 g/mol. The molecule has 4 heteroatoms. The first-order valence-electron chi connectivity index (χ1n) is 8.94. The first kappa shape index (κ1) is 15.1. The predicted molar refractivity (Wildman–Crippen MR) is 86.3 cm³/mol. The van der Waals surface area contributed by atoms with E-state index in [0.29, 0.717) is 42.2 Å². The molecule has 0 aromatic heterocycles. The molecule has 0 aromatic carbocycles. The van der Waals surface area contributed by atoms with Crippen molar-refractivity contribution in [2.24, 2.45) is 33.7 Å². The zero-order valence-corrected chi connectivity index (χ0v) is 13.8. The molecule has 0 aliphatic heterocycles. The first-order valence-corrected chi connectivity index (χ1v) is 8.94. The minimum absolute atomic E-state index is 0.144. The molecule has 0 bridgehead atoms. The molecule has 0 radical (unpaired) electrons. The molecule has 0 unspecified atom stereocenters. The number of fused-ring (bicyclic) bond motifs is 5. The summed E-state index contributed by atoms with van der Waals surface area (Å²) in [4.78, 5) is 24.3. The lowest BCUT2D eigenvalue weighted by molar-refractivity contribution is -0.131. The molecule has 4 aliphatic rings. The van der Waals surface area contributed by atoms with Crippen LogP contribution < -0.4 is 0 Å². The largest absolute Gasteiger partial charge is 0.411 e. The van der Waals surface area contributed by atoms with E-state index in [4.69, 9.17) is 0 Å². The van der Waals surface area contributed by atoms with E-state index in [2.05, 4.69) is 18.2 Å². The second kappa shape index (κ2) is 5.02. The van der Waals surface area contributed by atoms with Crippen molar-refractivity contribution in [1.29, 1.82) is 0 Å². The number of Topliss-reactive ketones (excluding diaryl/α,β-unsaturated/α-hetero) is 2. The summed E-state index contributed by atoms with van der Waals surface area (Å²) < 4.78 is 0. The summed E-state index contributed by atoms with van der Waals surface area (Å²) in [5, 5.41) is 12.7. The van der Waals surface area contributed by atoms with Gasteiger partial charge < -0.3 is 5.21 Å². The number of ketones is 2. The molecule has 4 nitrogen and oxygen atoms in total. The van der Waals surface area contributed by atoms with Crippen molar-refractivity contribution >= 4 is 17.8 Å². The lowest BCUT2D eigenvalue weighted by atomic mass is 9.48. The minimum Gasteiger partial charge on any atom is -0.411 e. The van der Waals surface area contributed by atoms with Gasteiger partial charge in [-0.25, -0.2) is 0 Å². The summed E-state index contributed by atoms with van der Waals surface area (Å²) in [6.07, 6.45) is 10.4. The van der Waals surface area contributed by atoms with Crippen molar-refractivity contribution in [2.45, 2.75) is 58.3 Å². The van der Waals surface area contributed by atoms with Gasteiger partial charge in [0.1, 0.15) is 11.6 Å². The van der Waals surface area contributed by atoms with Crippen LogP contribution in [0.4, 0.5) is 0 Å². The van der Waals surface area contributed by atoms with E-state index in [1.807, 2.05) is 0 Å². The summed E-state index contributed by atoms with van der Waals surface area (Å²) in [6.45, 7) is 2.17. The number of carbonyl (C=O) groups excluding carboxylic acids is 2. The molecule has 23 heavy (non-hydrogen) atoms. The highest BCUT2D eigenvalue weighted by molar-refractivity contribution is 5.88. The molecule has 0 spiro atoms. The van der Waals surface area contributed by atoms with Crippen LogP contribution in [0, 0.1) is 28.6 Å². The number of rotatable bonds is 1. The summed E-state index contributed by atoms with van der Waals surface area (Å²) >= 11 is 0. The molecule has 0 heterocycles. The molecule has 4 rings (SSSR count). The van der Waals surface area contributed by atoms with Gasteiger partial charge in [-0.3, -0.25) is 9.59 Å². The number of hydrogen-bond donors (Lipinski definition) is 1. The third kappa shape index (κ3) is 1.93. The maximum Gasteiger partial charge on any atom is 0.139 e. The summed E-state index contributed by atoms with van der Waals surface area (Å²) in [5.74, 6) is 2.09. The van der Waals surface area contributed by atoms with Crippen molar-refractivity contribution in [1.82, 2.24) is 0 Å². The van der Waals surface area contributed by atoms with E-state index in [1.165, 1.54) is 5.57 Å². The van der Waals surface area contributed by atoms with Gasteiger partial charge in [-0.05, 0) is 49.9 Å². The zero-order valence-electron chi connectivity index (χ0n) is 13.8. The van der Waals surface area contributed by atoms with Crippen molar-refractivity contribution in [3.63, 3.8) is 0 Å². The van der Waals surface area contributed by atoms with Crippen LogP contribution in [0.5, 0.6) is 0 Å². The molecule has 4 aliphatic carbocycles. The van der Waals surface area contributed by atoms with Gasteiger partial charge in [0.05, 0.1) is 6.21 Å². The van der Waals surface area contributed by atoms with E-state index in [9.17, 15) is 14.8 Å². The maximum atomic E-state index is 12.4. The lowest BCUT2D eigenvalue weighted by Crippen LogP contribution is -2.52. The fourth-order valence-electron chi connectivity index (χ4n) is 6.31. The van der Waals surface area contributed by atoms with E-state index in [0.717, 1.165) is 38.5 Å². The Hall–Kier alpha value is -1.45. The smallest absolute Gasteiger partial charge is 0.139 e. The number of hydrogen-bond acceptors (Lipinski definition) is 4. The van der Waals surface area contributed by atoms with Gasteiger partial charge in [0.2, 0.25) is 0 Å². The third-order valence-electron chi connectivity index (χ3n) is 7.54. The van der Waals surface area contributed by atoms with Crippen molar-refractivity contribution in [3.8, 4) is 0 Å². The number of nitrogens with zero attached hydrogens (tertiary/aromatic N) is 1. The molecule has 0 saturated heterocycles. The van der Waals surface area contributed by atoms with Gasteiger partial charge in [0.15, 0.2) is 0 Å². The molecule has 0 aromatic rings. The van der Waals surface area contributed by atoms with Gasteiger partial charge in [-0.2, -0.15) is 0 Å². The van der Waals surface area contributed by atoms with Crippen LogP contribution in [-0.2, 0) is 9.59 Å². The van der Waals surface area contributed by atoms with Crippen LogP contribution >= 0.6 is 0 Å². The summed E-state index contributed by atoms with van der Waals surface area (Å²) in [7, 11) is 0. The number of allylic oxidation sites excluding steroid dienone is 2. The fourth-order valence-corrected chi connectivity index (χ4v) is 6.31. The zero-order chi connectivity index (χ0) is 16.2. The highest BCUT2D eigenvalue weighted by Crippen LogP contribution is 2.63. The normalized spacial score (nSPS) is 46.3. The van der Waals surface area contributed by atoms with E-state index < -0.39 is 0 Å². The van der Waals surface area contributed by atoms with Crippen molar-refractivity contribution in [3.05, 3.63) is 11.6 Å². The number of carbonyl (C=O) groups is 2.